The number of alkyl halides is 3. The summed E-state index contributed by atoms with van der Waals surface area (Å²) in [6.45, 7) is 1.48. The lowest BCUT2D eigenvalue weighted by atomic mass is 9.94. The molecule has 3 rings (SSSR count). The topological polar surface area (TPSA) is 89.6 Å². The van der Waals surface area contributed by atoms with E-state index in [2.05, 4.69) is 15.4 Å². The van der Waals surface area contributed by atoms with Gasteiger partial charge < -0.3 is 10.0 Å². The Kier molecular flexibility index (Phi) is 4.65. The van der Waals surface area contributed by atoms with E-state index in [-0.39, 0.29) is 34.9 Å². The Hall–Kier alpha value is -2.56. The molecule has 2 heterocycles. The van der Waals surface area contributed by atoms with Crippen molar-refractivity contribution in [1.29, 1.82) is 0 Å². The van der Waals surface area contributed by atoms with Crippen molar-refractivity contribution >= 4 is 17.5 Å². The maximum Gasteiger partial charge on any atom is 0.417 e. The Morgan fingerprint density at radius 1 is 1.31 bits per heavy atom. The van der Waals surface area contributed by atoms with Gasteiger partial charge in [0.2, 0.25) is 0 Å². The average molecular weight is 386 g/mol. The molecule has 0 atom stereocenters. The minimum absolute atomic E-state index is 0.137. The van der Waals surface area contributed by atoms with Crippen LogP contribution in [-0.2, 0) is 11.0 Å². The molecule has 0 amide bonds. The van der Waals surface area contributed by atoms with Crippen molar-refractivity contribution in [2.24, 2.45) is 5.16 Å². The van der Waals surface area contributed by atoms with Crippen LogP contribution in [0.2, 0.25) is 0 Å². The molecule has 0 aliphatic carbocycles. The van der Waals surface area contributed by atoms with Crippen LogP contribution in [0.1, 0.15) is 23.4 Å². The van der Waals surface area contributed by atoms with Gasteiger partial charge in [0.1, 0.15) is 6.61 Å². The fourth-order valence-electron chi connectivity index (χ4n) is 2.64. The fraction of sp³-hybridized carbons (Fsp3) is 0.333. The van der Waals surface area contributed by atoms with Crippen molar-refractivity contribution in [3.05, 3.63) is 39.4 Å². The third-order valence-corrected chi connectivity index (χ3v) is 4.60. The number of oxime groups is 1. The number of rotatable bonds is 3. The lowest BCUT2D eigenvalue weighted by Gasteiger charge is -2.19. The highest BCUT2D eigenvalue weighted by atomic mass is 32.2. The van der Waals surface area contributed by atoms with Gasteiger partial charge in [-0.15, -0.1) is 26.7 Å². The van der Waals surface area contributed by atoms with Gasteiger partial charge in [-0.25, -0.2) is 0 Å². The largest absolute Gasteiger partial charge is 0.424 e. The predicted molar refractivity (Wildman–Crippen MR) is 87.5 cm³/mol. The molecule has 138 valence electrons. The van der Waals surface area contributed by atoms with Crippen LogP contribution in [0.3, 0.4) is 0 Å². The van der Waals surface area contributed by atoms with Crippen molar-refractivity contribution in [3.8, 4) is 11.3 Å². The maximum absolute atomic E-state index is 14.0. The summed E-state index contributed by atoms with van der Waals surface area (Å²) in [5, 5.41) is 20.5. The summed E-state index contributed by atoms with van der Waals surface area (Å²) in [4.78, 5) is 17.4. The van der Waals surface area contributed by atoms with Crippen LogP contribution in [-0.4, -0.2) is 38.7 Å². The predicted octanol–water partition coefficient (Wildman–Crippen LogP) is 2.72. The molecule has 0 saturated carbocycles. The second-order valence-electron chi connectivity index (χ2n) is 5.40. The first kappa shape index (κ1) is 18.2. The van der Waals surface area contributed by atoms with Crippen molar-refractivity contribution in [2.45, 2.75) is 24.4 Å². The SMILES string of the molecule is CSc1ccc(-c2nnc(C)n(O)c2=O)c(C(F)(F)F)c1C1=NOCC1. The summed E-state index contributed by atoms with van der Waals surface area (Å²) in [7, 11) is 0. The molecule has 0 bridgehead atoms. The Labute approximate surface area is 149 Å². The Balaban J connectivity index is 2.39. The van der Waals surface area contributed by atoms with Crippen LogP contribution in [0.25, 0.3) is 11.3 Å². The highest BCUT2D eigenvalue weighted by Gasteiger charge is 2.40. The number of benzene rings is 1. The van der Waals surface area contributed by atoms with Gasteiger partial charge in [0, 0.05) is 22.4 Å². The van der Waals surface area contributed by atoms with Crippen LogP contribution in [0, 0.1) is 6.92 Å². The summed E-state index contributed by atoms with van der Waals surface area (Å²) in [5.41, 5.74) is -3.21. The molecule has 0 fully saturated rings. The van der Waals surface area contributed by atoms with Crippen LogP contribution in [0.15, 0.2) is 27.0 Å². The normalized spacial score (nSPS) is 14.3. The zero-order valence-corrected chi connectivity index (χ0v) is 14.5. The lowest BCUT2D eigenvalue weighted by Crippen LogP contribution is -2.26. The Morgan fingerprint density at radius 2 is 2.04 bits per heavy atom. The number of hydrogen-bond donors (Lipinski definition) is 1. The lowest BCUT2D eigenvalue weighted by molar-refractivity contribution is -0.137. The minimum atomic E-state index is -4.79. The molecule has 1 aliphatic heterocycles. The molecule has 11 heteroatoms. The van der Waals surface area contributed by atoms with Crippen molar-refractivity contribution in [3.63, 3.8) is 0 Å². The third-order valence-electron chi connectivity index (χ3n) is 3.82. The summed E-state index contributed by atoms with van der Waals surface area (Å²) in [6, 6.07) is 2.60. The monoisotopic (exact) mass is 386 g/mol. The number of halogens is 3. The molecule has 2 aromatic rings. The molecule has 1 N–H and O–H groups in total. The van der Waals surface area contributed by atoms with E-state index in [1.54, 1.807) is 6.26 Å². The van der Waals surface area contributed by atoms with Gasteiger partial charge in [-0.3, -0.25) is 4.79 Å². The number of aryl methyl sites for hydroxylation is 1. The second-order valence-corrected chi connectivity index (χ2v) is 6.25. The first-order chi connectivity index (χ1) is 12.3. The highest BCUT2D eigenvalue weighted by Crippen LogP contribution is 2.42. The van der Waals surface area contributed by atoms with E-state index in [4.69, 9.17) is 4.84 Å². The Bertz CT molecular complexity index is 956. The van der Waals surface area contributed by atoms with Crippen molar-refractivity contribution in [2.75, 3.05) is 12.9 Å². The van der Waals surface area contributed by atoms with Gasteiger partial charge >= 0.3 is 11.7 Å². The van der Waals surface area contributed by atoms with Gasteiger partial charge in [0.15, 0.2) is 11.5 Å². The maximum atomic E-state index is 14.0. The molecule has 0 radical (unpaired) electrons. The zero-order chi connectivity index (χ0) is 19.1. The van der Waals surface area contributed by atoms with E-state index in [0.29, 0.717) is 4.90 Å². The minimum Gasteiger partial charge on any atom is -0.424 e. The van der Waals surface area contributed by atoms with Crippen LogP contribution in [0.4, 0.5) is 13.2 Å². The van der Waals surface area contributed by atoms with Gasteiger partial charge in [-0.05, 0) is 19.2 Å². The van der Waals surface area contributed by atoms with E-state index in [1.165, 1.54) is 13.0 Å². The first-order valence-corrected chi connectivity index (χ1v) is 8.61. The number of nitrogens with zero attached hydrogens (tertiary/aromatic N) is 4. The number of thioether (sulfide) groups is 1. The number of aromatic nitrogens is 3. The average Bonchev–Trinajstić information content (AvgIpc) is 3.12. The molecular weight excluding hydrogens is 373 g/mol. The van der Waals surface area contributed by atoms with E-state index in [9.17, 15) is 23.2 Å². The Morgan fingerprint density at radius 3 is 2.62 bits per heavy atom. The molecular formula is C15H13F3N4O3S. The van der Waals surface area contributed by atoms with Crippen molar-refractivity contribution in [1.82, 2.24) is 14.9 Å². The van der Waals surface area contributed by atoms with Gasteiger partial charge in [-0.2, -0.15) is 13.2 Å². The van der Waals surface area contributed by atoms with E-state index < -0.39 is 28.6 Å². The smallest absolute Gasteiger partial charge is 0.417 e. The second kappa shape index (κ2) is 6.63. The van der Waals surface area contributed by atoms with E-state index >= 15 is 0 Å². The van der Waals surface area contributed by atoms with Gasteiger partial charge in [-0.1, -0.05) is 11.2 Å². The van der Waals surface area contributed by atoms with E-state index in [1.807, 2.05) is 0 Å². The summed E-state index contributed by atoms with van der Waals surface area (Å²) >= 11 is 1.12. The summed E-state index contributed by atoms with van der Waals surface area (Å²) < 4.78 is 42.0. The summed E-state index contributed by atoms with van der Waals surface area (Å²) in [6.07, 6.45) is -2.94. The standard InChI is InChI=1S/C15H13F3N4O3S/c1-7-19-20-13(14(23)22(7)24)8-3-4-10(26-2)11(9-5-6-25-21-9)12(8)15(16,17)18/h3-4,24H,5-6H2,1-2H3. The van der Waals surface area contributed by atoms with Crippen LogP contribution >= 0.6 is 11.8 Å². The van der Waals surface area contributed by atoms with Crippen LogP contribution in [0.5, 0.6) is 0 Å². The molecule has 0 spiro atoms. The van der Waals surface area contributed by atoms with Crippen LogP contribution < -0.4 is 5.56 Å². The van der Waals surface area contributed by atoms with Gasteiger partial charge in [0.05, 0.1) is 11.3 Å². The summed E-state index contributed by atoms with van der Waals surface area (Å²) in [5.74, 6) is -0.137. The number of hydrogen-bond acceptors (Lipinski definition) is 7. The highest BCUT2D eigenvalue weighted by molar-refractivity contribution is 7.98. The zero-order valence-electron chi connectivity index (χ0n) is 13.7. The molecule has 1 aromatic carbocycles. The molecule has 1 aliphatic rings. The van der Waals surface area contributed by atoms with E-state index in [0.717, 1.165) is 17.8 Å². The third kappa shape index (κ3) is 3.02. The van der Waals surface area contributed by atoms with Crippen molar-refractivity contribution < 1.29 is 23.2 Å². The molecule has 0 saturated heterocycles. The molecule has 26 heavy (non-hydrogen) atoms. The van der Waals surface area contributed by atoms with Gasteiger partial charge in [0.25, 0.3) is 0 Å². The first-order valence-electron chi connectivity index (χ1n) is 7.39. The molecule has 7 nitrogen and oxygen atoms in total. The molecule has 1 aromatic heterocycles. The fourth-order valence-corrected chi connectivity index (χ4v) is 3.27. The molecule has 0 unspecified atom stereocenters. The quantitative estimate of drug-likeness (QED) is 0.645.